The summed E-state index contributed by atoms with van der Waals surface area (Å²) in [5.41, 5.74) is 0.450. The summed E-state index contributed by atoms with van der Waals surface area (Å²) in [6, 6.07) is 7.90. The molecule has 0 aromatic heterocycles. The molecular formula is C25H36N2O5. The molecule has 32 heavy (non-hydrogen) atoms. The summed E-state index contributed by atoms with van der Waals surface area (Å²) in [7, 11) is 0. The lowest BCUT2D eigenvalue weighted by Crippen LogP contribution is -2.60. The van der Waals surface area contributed by atoms with Gasteiger partial charge in [0.05, 0.1) is 24.3 Å². The fourth-order valence-corrected chi connectivity index (χ4v) is 3.76. The van der Waals surface area contributed by atoms with Gasteiger partial charge in [-0.2, -0.15) is 0 Å². The Morgan fingerprint density at radius 1 is 1.06 bits per heavy atom. The van der Waals surface area contributed by atoms with E-state index in [0.29, 0.717) is 11.1 Å². The minimum atomic E-state index is -0.668. The second kappa shape index (κ2) is 11.3. The van der Waals surface area contributed by atoms with E-state index in [-0.39, 0.29) is 24.2 Å². The van der Waals surface area contributed by atoms with Gasteiger partial charge in [-0.05, 0) is 46.1 Å². The number of ketones is 1. The van der Waals surface area contributed by atoms with Crippen molar-refractivity contribution in [3.8, 4) is 0 Å². The Hall–Kier alpha value is -2.67. The van der Waals surface area contributed by atoms with Crippen LogP contribution in [0.15, 0.2) is 42.0 Å². The highest BCUT2D eigenvalue weighted by molar-refractivity contribution is 6.09. The maximum absolute atomic E-state index is 13.2. The second-order valence-electron chi connectivity index (χ2n) is 9.11. The van der Waals surface area contributed by atoms with E-state index in [4.69, 9.17) is 9.47 Å². The summed E-state index contributed by atoms with van der Waals surface area (Å²) >= 11 is 0. The van der Waals surface area contributed by atoms with Crippen LogP contribution in [-0.4, -0.2) is 47.7 Å². The van der Waals surface area contributed by atoms with Gasteiger partial charge in [0.25, 0.3) is 0 Å². The van der Waals surface area contributed by atoms with Crippen molar-refractivity contribution in [2.45, 2.75) is 90.7 Å². The van der Waals surface area contributed by atoms with Crippen molar-refractivity contribution in [3.63, 3.8) is 0 Å². The van der Waals surface area contributed by atoms with Crippen LogP contribution in [0.25, 0.3) is 0 Å². The van der Waals surface area contributed by atoms with Crippen molar-refractivity contribution >= 4 is 17.8 Å². The van der Waals surface area contributed by atoms with Gasteiger partial charge in [-0.25, -0.2) is 4.79 Å². The first-order valence-corrected chi connectivity index (χ1v) is 11.3. The van der Waals surface area contributed by atoms with Crippen LogP contribution in [0.2, 0.25) is 0 Å². The van der Waals surface area contributed by atoms with Crippen molar-refractivity contribution in [2.75, 3.05) is 0 Å². The molecule has 0 heterocycles. The van der Waals surface area contributed by atoms with Crippen LogP contribution in [0.3, 0.4) is 0 Å². The second-order valence-corrected chi connectivity index (χ2v) is 9.11. The molecule has 0 fully saturated rings. The Bertz CT molecular complexity index is 824. The van der Waals surface area contributed by atoms with Crippen LogP contribution in [0.4, 0.5) is 4.79 Å². The molecule has 1 aromatic carbocycles. The summed E-state index contributed by atoms with van der Waals surface area (Å²) in [6.45, 7) is 10.8. The van der Waals surface area contributed by atoms with E-state index in [2.05, 4.69) is 10.6 Å². The minimum Gasteiger partial charge on any atom is -0.444 e. The van der Waals surface area contributed by atoms with Gasteiger partial charge in [-0.3, -0.25) is 9.59 Å². The number of amides is 2. The summed E-state index contributed by atoms with van der Waals surface area (Å²) in [6.07, 6.45) is 2.38. The van der Waals surface area contributed by atoms with Crippen LogP contribution >= 0.6 is 0 Å². The van der Waals surface area contributed by atoms with E-state index in [0.717, 1.165) is 12.8 Å². The number of carbonyl (C=O) groups is 3. The zero-order valence-corrected chi connectivity index (χ0v) is 19.9. The molecule has 1 aromatic rings. The minimum absolute atomic E-state index is 0.0525. The van der Waals surface area contributed by atoms with Gasteiger partial charge < -0.3 is 20.1 Å². The van der Waals surface area contributed by atoms with Gasteiger partial charge in [0, 0.05) is 18.1 Å². The maximum Gasteiger partial charge on any atom is 0.408 e. The largest absolute Gasteiger partial charge is 0.444 e. The Morgan fingerprint density at radius 3 is 2.22 bits per heavy atom. The van der Waals surface area contributed by atoms with Crippen molar-refractivity contribution in [1.82, 2.24) is 10.6 Å². The quantitative estimate of drug-likeness (QED) is 0.587. The van der Waals surface area contributed by atoms with Gasteiger partial charge in [-0.15, -0.1) is 0 Å². The topological polar surface area (TPSA) is 93.7 Å². The molecule has 2 N–H and O–H groups in total. The molecule has 0 bridgehead atoms. The van der Waals surface area contributed by atoms with Crippen molar-refractivity contribution in [1.29, 1.82) is 0 Å². The molecule has 0 spiro atoms. The molecule has 0 saturated carbocycles. The number of nitrogens with one attached hydrogen (secondary N) is 2. The number of rotatable bonds is 8. The standard InChI is InChI=1S/C25H36N2O5/c1-7-19(8-2)31-21-15-18(23(29)17-12-10-9-11-13-17)14-20(26-16(3)28)22(21)27-24(30)32-25(4,5)6/h9-13,15,19-22H,7-8,14H2,1-6H3,(H,26,28)(H,27,30)/t20-,21+,22+/m0/s1. The lowest BCUT2D eigenvalue weighted by atomic mass is 9.84. The molecule has 1 aliphatic rings. The van der Waals surface area contributed by atoms with Crippen LogP contribution < -0.4 is 10.6 Å². The van der Waals surface area contributed by atoms with Crippen molar-refractivity contribution in [2.24, 2.45) is 0 Å². The lowest BCUT2D eigenvalue weighted by Gasteiger charge is -2.39. The monoisotopic (exact) mass is 444 g/mol. The number of carbonyl (C=O) groups excluding carboxylic acids is 3. The molecule has 0 aliphatic heterocycles. The fraction of sp³-hybridized carbons (Fsp3) is 0.560. The van der Waals surface area contributed by atoms with E-state index in [1.165, 1.54) is 6.92 Å². The Balaban J connectivity index is 2.41. The number of benzene rings is 1. The highest BCUT2D eigenvalue weighted by Gasteiger charge is 2.39. The zero-order valence-electron chi connectivity index (χ0n) is 19.9. The number of alkyl carbamates (subject to hydrolysis) is 1. The van der Waals surface area contributed by atoms with Crippen LogP contribution in [0.5, 0.6) is 0 Å². The predicted octanol–water partition coefficient (Wildman–Crippen LogP) is 4.17. The van der Waals surface area contributed by atoms with Gasteiger partial charge in [-0.1, -0.05) is 44.2 Å². The highest BCUT2D eigenvalue weighted by Crippen LogP contribution is 2.27. The van der Waals surface area contributed by atoms with Crippen LogP contribution in [0, 0.1) is 0 Å². The molecule has 3 atom stereocenters. The zero-order chi connectivity index (χ0) is 23.9. The normalized spacial score (nSPS) is 21.0. The summed E-state index contributed by atoms with van der Waals surface area (Å²) in [4.78, 5) is 37.7. The molecule has 2 amide bonds. The number of ether oxygens (including phenoxy) is 2. The fourth-order valence-electron chi connectivity index (χ4n) is 3.76. The Kier molecular flexibility index (Phi) is 9.01. The first-order chi connectivity index (χ1) is 15.0. The third kappa shape index (κ3) is 7.48. The Morgan fingerprint density at radius 2 is 1.69 bits per heavy atom. The van der Waals surface area contributed by atoms with Gasteiger partial charge in [0.2, 0.25) is 5.91 Å². The average Bonchev–Trinajstić information content (AvgIpc) is 2.72. The molecule has 0 radical (unpaired) electrons. The molecule has 7 nitrogen and oxygen atoms in total. The van der Waals surface area contributed by atoms with E-state index in [1.54, 1.807) is 39.0 Å². The first-order valence-electron chi connectivity index (χ1n) is 11.3. The third-order valence-corrected chi connectivity index (χ3v) is 5.25. The third-order valence-electron chi connectivity index (χ3n) is 5.25. The first kappa shape index (κ1) is 25.6. The molecular weight excluding hydrogens is 408 g/mol. The number of Topliss-reactive ketones (excluding diaryl/α,β-unsaturated/α-hetero) is 1. The number of hydrogen-bond donors (Lipinski definition) is 2. The molecule has 1 aliphatic carbocycles. The SMILES string of the molecule is CCC(CC)O[C@@H]1C=C(C(=O)c2ccccc2)C[C@H](NC(C)=O)[C@H]1NC(=O)OC(C)(C)C. The van der Waals surface area contributed by atoms with E-state index in [9.17, 15) is 14.4 Å². The van der Waals surface area contributed by atoms with Gasteiger partial charge in [0.1, 0.15) is 5.60 Å². The summed E-state index contributed by atoms with van der Waals surface area (Å²) < 4.78 is 11.7. The lowest BCUT2D eigenvalue weighted by molar-refractivity contribution is -0.120. The van der Waals surface area contributed by atoms with Gasteiger partial charge >= 0.3 is 6.09 Å². The maximum atomic E-state index is 13.2. The van der Waals surface area contributed by atoms with Crippen molar-refractivity contribution in [3.05, 3.63) is 47.5 Å². The van der Waals surface area contributed by atoms with Crippen LogP contribution in [0.1, 0.15) is 71.2 Å². The molecule has 2 rings (SSSR count). The Labute approximate surface area is 190 Å². The van der Waals surface area contributed by atoms with E-state index < -0.39 is 29.9 Å². The predicted molar refractivity (Wildman–Crippen MR) is 123 cm³/mol. The van der Waals surface area contributed by atoms with E-state index >= 15 is 0 Å². The van der Waals surface area contributed by atoms with Gasteiger partial charge in [0.15, 0.2) is 5.78 Å². The highest BCUT2D eigenvalue weighted by atomic mass is 16.6. The molecule has 0 saturated heterocycles. The summed E-state index contributed by atoms with van der Waals surface area (Å²) in [5.74, 6) is -0.365. The average molecular weight is 445 g/mol. The summed E-state index contributed by atoms with van der Waals surface area (Å²) in [5, 5.41) is 5.77. The van der Waals surface area contributed by atoms with Crippen LogP contribution in [-0.2, 0) is 14.3 Å². The number of hydrogen-bond acceptors (Lipinski definition) is 5. The van der Waals surface area contributed by atoms with Crippen molar-refractivity contribution < 1.29 is 23.9 Å². The molecule has 0 unspecified atom stereocenters. The smallest absolute Gasteiger partial charge is 0.408 e. The molecule has 176 valence electrons. The molecule has 7 heteroatoms. The van der Waals surface area contributed by atoms with E-state index in [1.807, 2.05) is 32.0 Å².